The van der Waals surface area contributed by atoms with Gasteiger partial charge >= 0.3 is 6.18 Å². The molecule has 0 fully saturated rings. The van der Waals surface area contributed by atoms with E-state index in [1.165, 1.54) is 6.92 Å². The van der Waals surface area contributed by atoms with E-state index in [0.29, 0.717) is 6.54 Å². The molecule has 0 aromatic heterocycles. The van der Waals surface area contributed by atoms with E-state index in [1.54, 1.807) is 12.2 Å². The molecule has 0 bridgehead atoms. The highest BCUT2D eigenvalue weighted by Gasteiger charge is 2.29. The predicted octanol–water partition coefficient (Wildman–Crippen LogP) is 0.558. The fourth-order valence-electron chi connectivity index (χ4n) is 1.27. The molecule has 2 amide bonds. The predicted molar refractivity (Wildman–Crippen MR) is 64.4 cm³/mol. The molecule has 2 atom stereocenters. The molecule has 2 unspecified atom stereocenters. The minimum absolute atomic E-state index is 0.294. The van der Waals surface area contributed by atoms with Crippen LogP contribution in [0.5, 0.6) is 0 Å². The van der Waals surface area contributed by atoms with Crippen LogP contribution in [-0.2, 0) is 9.59 Å². The first kappa shape index (κ1) is 17.7. The van der Waals surface area contributed by atoms with Crippen LogP contribution in [0, 0.1) is 0 Å². The highest BCUT2D eigenvalue weighted by molar-refractivity contribution is 5.84. The molecule has 0 saturated heterocycles. The lowest BCUT2D eigenvalue weighted by molar-refractivity contribution is -0.139. The van der Waals surface area contributed by atoms with Crippen molar-refractivity contribution < 1.29 is 22.8 Å². The van der Waals surface area contributed by atoms with Crippen molar-refractivity contribution in [2.45, 2.75) is 45.5 Å². The van der Waals surface area contributed by atoms with Gasteiger partial charge in [0.2, 0.25) is 11.8 Å². The Labute approximate surface area is 110 Å². The fourth-order valence-corrected chi connectivity index (χ4v) is 1.27. The summed E-state index contributed by atoms with van der Waals surface area (Å²) in [6, 6.07) is -1.54. The molecule has 3 N–H and O–H groups in total. The number of amides is 2. The van der Waals surface area contributed by atoms with Gasteiger partial charge in [-0.3, -0.25) is 14.9 Å². The van der Waals surface area contributed by atoms with Crippen LogP contribution in [0.2, 0.25) is 0 Å². The molecule has 0 heterocycles. The Kier molecular flexibility index (Phi) is 7.43. The number of rotatable bonds is 7. The zero-order valence-electron chi connectivity index (χ0n) is 11.2. The van der Waals surface area contributed by atoms with E-state index in [0.717, 1.165) is 6.42 Å². The summed E-state index contributed by atoms with van der Waals surface area (Å²) >= 11 is 0. The van der Waals surface area contributed by atoms with E-state index in [1.807, 2.05) is 6.92 Å². The topological polar surface area (TPSA) is 70.2 Å². The maximum absolute atomic E-state index is 11.9. The summed E-state index contributed by atoms with van der Waals surface area (Å²) in [6.07, 6.45) is -3.67. The Morgan fingerprint density at radius 3 is 1.95 bits per heavy atom. The Balaban J connectivity index is 4.10. The first-order chi connectivity index (χ1) is 8.67. The molecule has 5 nitrogen and oxygen atoms in total. The standard InChI is InChI=1S/C11H20F3N3O2/c1-4-5-15-9(18)7(2)17-8(3)10(19)16-6-11(12,13)14/h7-8,17H,4-6H2,1-3H3,(H,15,18)(H,16,19). The molecular weight excluding hydrogens is 263 g/mol. The summed E-state index contributed by atoms with van der Waals surface area (Å²) in [7, 11) is 0. The van der Waals surface area contributed by atoms with Crippen LogP contribution >= 0.6 is 0 Å². The number of hydrogen-bond acceptors (Lipinski definition) is 3. The number of halogens is 3. The minimum Gasteiger partial charge on any atom is -0.355 e. The van der Waals surface area contributed by atoms with Gasteiger partial charge < -0.3 is 10.6 Å². The van der Waals surface area contributed by atoms with Gasteiger partial charge in [0, 0.05) is 6.54 Å². The monoisotopic (exact) mass is 283 g/mol. The number of carbonyl (C=O) groups excluding carboxylic acids is 2. The zero-order valence-corrected chi connectivity index (χ0v) is 11.2. The highest BCUT2D eigenvalue weighted by Crippen LogP contribution is 2.12. The first-order valence-corrected chi connectivity index (χ1v) is 6.05. The van der Waals surface area contributed by atoms with Gasteiger partial charge in [-0.1, -0.05) is 6.92 Å². The third-order valence-corrected chi connectivity index (χ3v) is 2.30. The molecule has 0 saturated carbocycles. The van der Waals surface area contributed by atoms with Crippen LogP contribution in [0.25, 0.3) is 0 Å². The maximum atomic E-state index is 11.9. The second kappa shape index (κ2) is 7.98. The van der Waals surface area contributed by atoms with Crippen LogP contribution < -0.4 is 16.0 Å². The van der Waals surface area contributed by atoms with Crippen molar-refractivity contribution in [3.63, 3.8) is 0 Å². The summed E-state index contributed by atoms with van der Waals surface area (Å²) in [5.41, 5.74) is 0. The van der Waals surface area contributed by atoms with Crippen molar-refractivity contribution in [2.75, 3.05) is 13.1 Å². The highest BCUT2D eigenvalue weighted by atomic mass is 19.4. The largest absolute Gasteiger partial charge is 0.405 e. The lowest BCUT2D eigenvalue weighted by atomic mass is 10.2. The van der Waals surface area contributed by atoms with Crippen molar-refractivity contribution in [3.8, 4) is 0 Å². The minimum atomic E-state index is -4.44. The van der Waals surface area contributed by atoms with Crippen LogP contribution in [0.1, 0.15) is 27.2 Å². The lowest BCUT2D eigenvalue weighted by Gasteiger charge is -2.19. The van der Waals surface area contributed by atoms with Crippen molar-refractivity contribution in [1.82, 2.24) is 16.0 Å². The molecule has 0 aromatic carbocycles. The molecule has 8 heteroatoms. The summed E-state index contributed by atoms with van der Waals surface area (Å²) in [5, 5.41) is 7.00. The molecule has 112 valence electrons. The van der Waals surface area contributed by atoms with Crippen LogP contribution in [0.15, 0.2) is 0 Å². The Morgan fingerprint density at radius 1 is 1.05 bits per heavy atom. The smallest absolute Gasteiger partial charge is 0.355 e. The Morgan fingerprint density at radius 2 is 1.53 bits per heavy atom. The first-order valence-electron chi connectivity index (χ1n) is 6.05. The number of carbonyl (C=O) groups is 2. The van der Waals surface area contributed by atoms with Gasteiger partial charge in [-0.05, 0) is 20.3 Å². The summed E-state index contributed by atoms with van der Waals surface area (Å²) in [4.78, 5) is 22.8. The fraction of sp³-hybridized carbons (Fsp3) is 0.818. The maximum Gasteiger partial charge on any atom is 0.405 e. The van der Waals surface area contributed by atoms with Gasteiger partial charge in [0.1, 0.15) is 6.54 Å². The molecule has 0 rings (SSSR count). The van der Waals surface area contributed by atoms with Gasteiger partial charge in [-0.15, -0.1) is 0 Å². The van der Waals surface area contributed by atoms with Gasteiger partial charge in [0.25, 0.3) is 0 Å². The summed E-state index contributed by atoms with van der Waals surface area (Å²) in [6.45, 7) is 3.97. The van der Waals surface area contributed by atoms with Crippen LogP contribution in [0.3, 0.4) is 0 Å². The summed E-state index contributed by atoms with van der Waals surface area (Å²) in [5.74, 6) is -1.09. The van der Waals surface area contributed by atoms with Crippen LogP contribution in [-0.4, -0.2) is 43.2 Å². The van der Waals surface area contributed by atoms with E-state index in [2.05, 4.69) is 10.6 Å². The van der Waals surface area contributed by atoms with Crippen molar-refractivity contribution in [2.24, 2.45) is 0 Å². The van der Waals surface area contributed by atoms with Gasteiger partial charge in [0.05, 0.1) is 12.1 Å². The summed E-state index contributed by atoms with van der Waals surface area (Å²) < 4.78 is 35.7. The second-order valence-corrected chi connectivity index (χ2v) is 4.23. The molecule has 0 aromatic rings. The molecule has 0 aliphatic carbocycles. The van der Waals surface area contributed by atoms with E-state index < -0.39 is 30.7 Å². The van der Waals surface area contributed by atoms with E-state index in [4.69, 9.17) is 0 Å². The van der Waals surface area contributed by atoms with Gasteiger partial charge in [0.15, 0.2) is 0 Å². The van der Waals surface area contributed by atoms with E-state index in [9.17, 15) is 22.8 Å². The molecule has 0 aliphatic rings. The SMILES string of the molecule is CCCNC(=O)C(C)NC(C)C(=O)NCC(F)(F)F. The Hall–Kier alpha value is -1.31. The molecule has 0 radical (unpaired) electrons. The lowest BCUT2D eigenvalue weighted by Crippen LogP contribution is -2.52. The number of nitrogens with one attached hydrogen (secondary N) is 3. The zero-order chi connectivity index (χ0) is 15.1. The van der Waals surface area contributed by atoms with Gasteiger partial charge in [-0.2, -0.15) is 13.2 Å². The average molecular weight is 283 g/mol. The van der Waals surface area contributed by atoms with Crippen molar-refractivity contribution >= 4 is 11.8 Å². The van der Waals surface area contributed by atoms with Crippen LogP contribution in [0.4, 0.5) is 13.2 Å². The second-order valence-electron chi connectivity index (χ2n) is 4.23. The van der Waals surface area contributed by atoms with E-state index >= 15 is 0 Å². The van der Waals surface area contributed by atoms with E-state index in [-0.39, 0.29) is 5.91 Å². The quantitative estimate of drug-likeness (QED) is 0.639. The number of alkyl halides is 3. The van der Waals surface area contributed by atoms with Crippen molar-refractivity contribution in [1.29, 1.82) is 0 Å². The number of hydrogen-bond donors (Lipinski definition) is 3. The average Bonchev–Trinajstić information content (AvgIpc) is 2.31. The third kappa shape index (κ3) is 8.41. The Bertz CT molecular complexity index is 308. The molecule has 0 aliphatic heterocycles. The normalized spacial score (nSPS) is 14.6. The third-order valence-electron chi connectivity index (χ3n) is 2.30. The molecular formula is C11H20F3N3O2. The van der Waals surface area contributed by atoms with Gasteiger partial charge in [-0.25, -0.2) is 0 Å². The van der Waals surface area contributed by atoms with Crippen molar-refractivity contribution in [3.05, 3.63) is 0 Å². The molecule has 19 heavy (non-hydrogen) atoms. The molecule has 0 spiro atoms.